The average molecular weight is 462 g/mol. The van der Waals surface area contributed by atoms with Crippen LogP contribution in [-0.4, -0.2) is 62.8 Å². The van der Waals surface area contributed by atoms with Crippen molar-refractivity contribution in [1.29, 1.82) is 0 Å². The number of rotatable bonds is 6. The van der Waals surface area contributed by atoms with Crippen LogP contribution in [0.5, 0.6) is 0 Å². The third-order valence-electron chi connectivity index (χ3n) is 5.86. The van der Waals surface area contributed by atoms with Crippen molar-refractivity contribution < 1.29 is 27.5 Å². The summed E-state index contributed by atoms with van der Waals surface area (Å²) in [4.78, 5) is 28.2. The molecule has 4 rings (SSSR count). The number of alkyl halides is 3. The average Bonchev–Trinajstić information content (AvgIpc) is 3.25. The van der Waals surface area contributed by atoms with E-state index >= 15 is 0 Å². The Morgan fingerprint density at radius 2 is 1.70 bits per heavy atom. The van der Waals surface area contributed by atoms with Gasteiger partial charge in [0.05, 0.1) is 24.8 Å². The number of hydrogen-bond donors (Lipinski definition) is 2. The number of morpholine rings is 1. The normalized spacial score (nSPS) is 18.2. The SMILES string of the molecule is O=C(NCC(c1ccc(C(F)(F)F)cc1)N1CCOCC1)c1ccc(N2CCNC2=O)cc1. The molecule has 2 aliphatic heterocycles. The van der Waals surface area contributed by atoms with Crippen LogP contribution >= 0.6 is 0 Å². The number of carbonyl (C=O) groups excluding carboxylic acids is 2. The third kappa shape index (κ3) is 5.45. The summed E-state index contributed by atoms with van der Waals surface area (Å²) in [6.45, 7) is 3.67. The van der Waals surface area contributed by atoms with Crippen LogP contribution in [0.1, 0.15) is 27.5 Å². The van der Waals surface area contributed by atoms with E-state index in [4.69, 9.17) is 4.74 Å². The molecule has 3 amide bonds. The third-order valence-corrected chi connectivity index (χ3v) is 5.86. The Morgan fingerprint density at radius 1 is 1.03 bits per heavy atom. The smallest absolute Gasteiger partial charge is 0.379 e. The molecule has 176 valence electrons. The van der Waals surface area contributed by atoms with E-state index in [1.165, 1.54) is 12.1 Å². The Morgan fingerprint density at radius 3 is 2.27 bits per heavy atom. The van der Waals surface area contributed by atoms with Gasteiger partial charge in [0.2, 0.25) is 0 Å². The molecule has 1 unspecified atom stereocenters. The number of anilines is 1. The van der Waals surface area contributed by atoms with Crippen molar-refractivity contribution in [2.45, 2.75) is 12.2 Å². The summed E-state index contributed by atoms with van der Waals surface area (Å²) in [5.41, 5.74) is 1.13. The number of benzene rings is 2. The van der Waals surface area contributed by atoms with E-state index in [0.29, 0.717) is 56.2 Å². The molecule has 2 saturated heterocycles. The van der Waals surface area contributed by atoms with Gasteiger partial charge in [-0.25, -0.2) is 4.79 Å². The second kappa shape index (κ2) is 9.80. The number of urea groups is 1. The van der Waals surface area contributed by atoms with E-state index in [0.717, 1.165) is 12.1 Å². The number of nitrogens with one attached hydrogen (secondary N) is 2. The summed E-state index contributed by atoms with van der Waals surface area (Å²) in [5.74, 6) is -0.294. The molecule has 1 atom stereocenters. The summed E-state index contributed by atoms with van der Waals surface area (Å²) in [6.07, 6.45) is -4.40. The van der Waals surface area contributed by atoms with Gasteiger partial charge in [-0.05, 0) is 42.0 Å². The summed E-state index contributed by atoms with van der Waals surface area (Å²) < 4.78 is 44.3. The maximum absolute atomic E-state index is 13.0. The fraction of sp³-hybridized carbons (Fsp3) is 0.391. The van der Waals surface area contributed by atoms with Crippen molar-refractivity contribution in [3.63, 3.8) is 0 Å². The number of amides is 3. The first kappa shape index (κ1) is 23.1. The first-order chi connectivity index (χ1) is 15.8. The minimum atomic E-state index is -4.40. The Bertz CT molecular complexity index is 974. The molecule has 2 aliphatic rings. The van der Waals surface area contributed by atoms with Gasteiger partial charge in [0.1, 0.15) is 0 Å². The molecule has 10 heteroatoms. The van der Waals surface area contributed by atoms with Crippen LogP contribution in [0.4, 0.5) is 23.7 Å². The quantitative estimate of drug-likeness (QED) is 0.692. The molecule has 2 aromatic rings. The second-order valence-corrected chi connectivity index (χ2v) is 7.92. The predicted octanol–water partition coefficient (Wildman–Crippen LogP) is 3.04. The van der Waals surface area contributed by atoms with Crippen molar-refractivity contribution in [3.8, 4) is 0 Å². The van der Waals surface area contributed by atoms with E-state index in [1.807, 2.05) is 0 Å². The number of ether oxygens (including phenoxy) is 1. The first-order valence-corrected chi connectivity index (χ1v) is 10.8. The van der Waals surface area contributed by atoms with Gasteiger partial charge in [-0.1, -0.05) is 12.1 Å². The Balaban J connectivity index is 1.45. The lowest BCUT2D eigenvalue weighted by molar-refractivity contribution is -0.137. The second-order valence-electron chi connectivity index (χ2n) is 7.92. The fourth-order valence-electron chi connectivity index (χ4n) is 4.04. The van der Waals surface area contributed by atoms with E-state index < -0.39 is 11.7 Å². The van der Waals surface area contributed by atoms with Crippen molar-refractivity contribution >= 4 is 17.6 Å². The molecule has 2 aromatic carbocycles. The molecule has 2 heterocycles. The molecule has 2 N–H and O–H groups in total. The van der Waals surface area contributed by atoms with Crippen LogP contribution in [0.15, 0.2) is 48.5 Å². The van der Waals surface area contributed by atoms with Gasteiger partial charge in [0, 0.05) is 44.0 Å². The lowest BCUT2D eigenvalue weighted by Gasteiger charge is -2.35. The highest BCUT2D eigenvalue weighted by atomic mass is 19.4. The molecule has 0 radical (unpaired) electrons. The van der Waals surface area contributed by atoms with Crippen molar-refractivity contribution in [2.24, 2.45) is 0 Å². The highest BCUT2D eigenvalue weighted by Gasteiger charge is 2.31. The number of halogens is 3. The summed E-state index contributed by atoms with van der Waals surface area (Å²) in [5, 5.41) is 5.63. The minimum Gasteiger partial charge on any atom is -0.379 e. The molecule has 0 aromatic heterocycles. The fourth-order valence-corrected chi connectivity index (χ4v) is 4.04. The molecule has 2 fully saturated rings. The Labute approximate surface area is 189 Å². The van der Waals surface area contributed by atoms with E-state index in [2.05, 4.69) is 15.5 Å². The topological polar surface area (TPSA) is 73.9 Å². The Kier molecular flexibility index (Phi) is 6.85. The minimum absolute atomic E-state index is 0.169. The summed E-state index contributed by atoms with van der Waals surface area (Å²) in [6, 6.07) is 11.3. The molecule has 0 spiro atoms. The zero-order valence-electron chi connectivity index (χ0n) is 17.9. The Hall–Kier alpha value is -3.11. The van der Waals surface area contributed by atoms with Gasteiger partial charge in [-0.15, -0.1) is 0 Å². The molecule has 0 bridgehead atoms. The van der Waals surface area contributed by atoms with Crippen molar-refractivity contribution in [3.05, 3.63) is 65.2 Å². The maximum atomic E-state index is 13.0. The van der Waals surface area contributed by atoms with Gasteiger partial charge in [0.25, 0.3) is 5.91 Å². The van der Waals surface area contributed by atoms with Gasteiger partial charge >= 0.3 is 12.2 Å². The highest BCUT2D eigenvalue weighted by molar-refractivity contribution is 5.97. The lowest BCUT2D eigenvalue weighted by Crippen LogP contribution is -2.43. The largest absolute Gasteiger partial charge is 0.416 e. The highest BCUT2D eigenvalue weighted by Crippen LogP contribution is 2.31. The van der Waals surface area contributed by atoms with Crippen LogP contribution in [-0.2, 0) is 10.9 Å². The van der Waals surface area contributed by atoms with Crippen LogP contribution in [0.2, 0.25) is 0 Å². The molecule has 33 heavy (non-hydrogen) atoms. The lowest BCUT2D eigenvalue weighted by atomic mass is 10.0. The predicted molar refractivity (Wildman–Crippen MR) is 116 cm³/mol. The molecular weight excluding hydrogens is 437 g/mol. The van der Waals surface area contributed by atoms with Crippen LogP contribution in [0, 0.1) is 0 Å². The summed E-state index contributed by atoms with van der Waals surface area (Å²) >= 11 is 0. The standard InChI is InChI=1S/C23H25F3N4O3/c24-23(25,26)18-5-1-16(2-6-18)20(29-11-13-33-14-12-29)15-28-21(31)17-3-7-19(8-4-17)30-10-9-27-22(30)32/h1-8,20H,9-15H2,(H,27,32)(H,28,31). The number of hydrogen-bond acceptors (Lipinski definition) is 4. The zero-order chi connectivity index (χ0) is 23.4. The van der Waals surface area contributed by atoms with Crippen molar-refractivity contribution in [1.82, 2.24) is 15.5 Å². The molecule has 0 saturated carbocycles. The van der Waals surface area contributed by atoms with Gasteiger partial charge in [0.15, 0.2) is 0 Å². The van der Waals surface area contributed by atoms with E-state index in [1.54, 1.807) is 29.2 Å². The van der Waals surface area contributed by atoms with Gasteiger partial charge < -0.3 is 15.4 Å². The maximum Gasteiger partial charge on any atom is 0.416 e. The molecule has 0 aliphatic carbocycles. The van der Waals surface area contributed by atoms with Crippen LogP contribution < -0.4 is 15.5 Å². The first-order valence-electron chi connectivity index (χ1n) is 10.8. The van der Waals surface area contributed by atoms with Gasteiger partial charge in [-0.2, -0.15) is 13.2 Å². The number of nitrogens with zero attached hydrogens (tertiary/aromatic N) is 2. The number of carbonyl (C=O) groups is 2. The monoisotopic (exact) mass is 462 g/mol. The van der Waals surface area contributed by atoms with Gasteiger partial charge in [-0.3, -0.25) is 14.6 Å². The van der Waals surface area contributed by atoms with Crippen LogP contribution in [0.3, 0.4) is 0 Å². The molecule has 7 nitrogen and oxygen atoms in total. The molecular formula is C23H25F3N4O3. The van der Waals surface area contributed by atoms with Crippen molar-refractivity contribution in [2.75, 3.05) is 50.8 Å². The van der Waals surface area contributed by atoms with E-state index in [-0.39, 0.29) is 24.5 Å². The zero-order valence-corrected chi connectivity index (χ0v) is 17.9. The van der Waals surface area contributed by atoms with Crippen LogP contribution in [0.25, 0.3) is 0 Å². The summed E-state index contributed by atoms with van der Waals surface area (Å²) in [7, 11) is 0. The van der Waals surface area contributed by atoms with E-state index in [9.17, 15) is 22.8 Å².